The number of nitrogens with one attached hydrogen (secondary N) is 1. The monoisotopic (exact) mass is 410 g/mol. The standard InChI is InChI=1S/C14H14F3IN2O/c1-2-3-7-19-12-9-5-4-6-11(21-14(15,16)17)13(9)20-8-10(12)18/h4-6,8H,2-3,7H2,1H3,(H,19,20). The van der Waals surface area contributed by atoms with Crippen molar-refractivity contribution in [3.8, 4) is 5.75 Å². The Morgan fingerprint density at radius 1 is 1.33 bits per heavy atom. The van der Waals surface area contributed by atoms with Crippen molar-refractivity contribution in [1.29, 1.82) is 0 Å². The second-order valence-electron chi connectivity index (χ2n) is 4.46. The molecule has 1 N–H and O–H groups in total. The molecule has 3 nitrogen and oxygen atoms in total. The van der Waals surface area contributed by atoms with Crippen LogP contribution in [0.15, 0.2) is 24.4 Å². The lowest BCUT2D eigenvalue weighted by atomic mass is 10.1. The highest BCUT2D eigenvalue weighted by Crippen LogP contribution is 2.34. The molecule has 0 saturated carbocycles. The first-order valence-electron chi connectivity index (χ1n) is 6.49. The third kappa shape index (κ3) is 4.12. The molecule has 0 aliphatic heterocycles. The third-order valence-corrected chi connectivity index (χ3v) is 3.69. The number of ether oxygens (including phenoxy) is 1. The first-order chi connectivity index (χ1) is 9.92. The van der Waals surface area contributed by atoms with Gasteiger partial charge in [-0.05, 0) is 35.1 Å². The summed E-state index contributed by atoms with van der Waals surface area (Å²) in [6.45, 7) is 2.84. The molecule has 0 atom stereocenters. The van der Waals surface area contributed by atoms with Crippen LogP contribution in [0.25, 0.3) is 10.9 Å². The molecule has 0 radical (unpaired) electrons. The molecule has 1 heterocycles. The first-order valence-corrected chi connectivity index (χ1v) is 7.57. The van der Waals surface area contributed by atoms with Gasteiger partial charge in [0.15, 0.2) is 5.75 Å². The molecule has 2 rings (SSSR count). The molecular formula is C14H14F3IN2O. The van der Waals surface area contributed by atoms with Gasteiger partial charge in [0.05, 0.1) is 9.26 Å². The zero-order chi connectivity index (χ0) is 15.5. The lowest BCUT2D eigenvalue weighted by molar-refractivity contribution is -0.274. The number of pyridine rings is 1. The predicted octanol–water partition coefficient (Wildman–Crippen LogP) is 4.95. The van der Waals surface area contributed by atoms with Crippen LogP contribution in [0.1, 0.15) is 19.8 Å². The average Bonchev–Trinajstić information content (AvgIpc) is 2.40. The summed E-state index contributed by atoms with van der Waals surface area (Å²) in [6, 6.07) is 4.54. The van der Waals surface area contributed by atoms with Crippen LogP contribution in [0.4, 0.5) is 18.9 Å². The van der Waals surface area contributed by atoms with Gasteiger partial charge in [-0.2, -0.15) is 0 Å². The molecule has 0 amide bonds. The Morgan fingerprint density at radius 3 is 2.76 bits per heavy atom. The number of benzene rings is 1. The number of fused-ring (bicyclic) bond motifs is 1. The SMILES string of the molecule is CCCCNc1c(I)cnc2c(OC(F)(F)F)cccc12. The number of halogens is 4. The van der Waals surface area contributed by atoms with Gasteiger partial charge >= 0.3 is 6.36 Å². The van der Waals surface area contributed by atoms with Crippen LogP contribution in [0.3, 0.4) is 0 Å². The first kappa shape index (κ1) is 16.1. The van der Waals surface area contributed by atoms with Crippen LogP contribution >= 0.6 is 22.6 Å². The zero-order valence-electron chi connectivity index (χ0n) is 11.3. The minimum Gasteiger partial charge on any atom is -0.403 e. The molecule has 114 valence electrons. The maximum absolute atomic E-state index is 12.4. The Hall–Kier alpha value is -1.25. The molecule has 2 aromatic rings. The quantitative estimate of drug-likeness (QED) is 0.560. The fraction of sp³-hybridized carbons (Fsp3) is 0.357. The van der Waals surface area contributed by atoms with Crippen LogP contribution in [0.2, 0.25) is 0 Å². The Kier molecular flexibility index (Phi) is 5.13. The molecule has 21 heavy (non-hydrogen) atoms. The van der Waals surface area contributed by atoms with Gasteiger partial charge in [-0.15, -0.1) is 13.2 Å². The molecule has 0 aliphatic carbocycles. The summed E-state index contributed by atoms with van der Waals surface area (Å²) < 4.78 is 42.2. The van der Waals surface area contributed by atoms with Crippen LogP contribution in [-0.2, 0) is 0 Å². The van der Waals surface area contributed by atoms with Gasteiger partial charge in [-0.1, -0.05) is 25.5 Å². The molecule has 0 spiro atoms. The van der Waals surface area contributed by atoms with Crippen molar-refractivity contribution in [1.82, 2.24) is 4.98 Å². The van der Waals surface area contributed by atoms with Crippen molar-refractivity contribution in [2.75, 3.05) is 11.9 Å². The molecule has 0 aliphatic rings. The second kappa shape index (κ2) is 6.67. The van der Waals surface area contributed by atoms with E-state index in [1.54, 1.807) is 12.3 Å². The molecule has 0 fully saturated rings. The fourth-order valence-electron chi connectivity index (χ4n) is 1.95. The summed E-state index contributed by atoms with van der Waals surface area (Å²) in [4.78, 5) is 4.08. The van der Waals surface area contributed by atoms with Gasteiger partial charge in [0.2, 0.25) is 0 Å². The van der Waals surface area contributed by atoms with Crippen molar-refractivity contribution in [3.05, 3.63) is 28.0 Å². The van der Waals surface area contributed by atoms with E-state index in [9.17, 15) is 13.2 Å². The number of rotatable bonds is 5. The highest BCUT2D eigenvalue weighted by molar-refractivity contribution is 14.1. The normalized spacial score (nSPS) is 11.7. The van der Waals surface area contributed by atoms with Crippen molar-refractivity contribution in [2.24, 2.45) is 0 Å². The van der Waals surface area contributed by atoms with E-state index in [2.05, 4.69) is 44.6 Å². The lowest BCUT2D eigenvalue weighted by Gasteiger charge is -2.14. The maximum atomic E-state index is 12.4. The lowest BCUT2D eigenvalue weighted by Crippen LogP contribution is -2.17. The number of aromatic nitrogens is 1. The summed E-state index contributed by atoms with van der Waals surface area (Å²) in [5, 5.41) is 3.89. The van der Waals surface area contributed by atoms with E-state index in [0.29, 0.717) is 5.39 Å². The Bertz CT molecular complexity index is 631. The van der Waals surface area contributed by atoms with Gasteiger partial charge in [0.25, 0.3) is 0 Å². The van der Waals surface area contributed by atoms with E-state index >= 15 is 0 Å². The third-order valence-electron chi connectivity index (χ3n) is 2.87. The summed E-state index contributed by atoms with van der Waals surface area (Å²) >= 11 is 2.11. The summed E-state index contributed by atoms with van der Waals surface area (Å²) in [5.41, 5.74) is 0.996. The average molecular weight is 410 g/mol. The van der Waals surface area contributed by atoms with Gasteiger partial charge in [0.1, 0.15) is 5.52 Å². The topological polar surface area (TPSA) is 34.2 Å². The van der Waals surface area contributed by atoms with E-state index in [4.69, 9.17) is 0 Å². The van der Waals surface area contributed by atoms with Gasteiger partial charge in [0, 0.05) is 18.1 Å². The largest absolute Gasteiger partial charge is 0.573 e. The van der Waals surface area contributed by atoms with Crippen molar-refractivity contribution in [3.63, 3.8) is 0 Å². The molecule has 0 bridgehead atoms. The number of nitrogens with zero attached hydrogens (tertiary/aromatic N) is 1. The Balaban J connectivity index is 2.45. The van der Waals surface area contributed by atoms with Gasteiger partial charge < -0.3 is 10.1 Å². The van der Waals surface area contributed by atoms with E-state index in [1.165, 1.54) is 12.1 Å². The second-order valence-corrected chi connectivity index (χ2v) is 5.62. The smallest absolute Gasteiger partial charge is 0.403 e. The van der Waals surface area contributed by atoms with Gasteiger partial charge in [-0.3, -0.25) is 4.98 Å². The summed E-state index contributed by atoms with van der Waals surface area (Å²) in [7, 11) is 0. The Labute approximate surface area is 134 Å². The van der Waals surface area contributed by atoms with Crippen LogP contribution in [0, 0.1) is 3.57 Å². The van der Waals surface area contributed by atoms with Crippen molar-refractivity contribution in [2.45, 2.75) is 26.1 Å². The van der Waals surface area contributed by atoms with E-state index in [1.807, 2.05) is 0 Å². The molecule has 1 aromatic carbocycles. The van der Waals surface area contributed by atoms with Crippen LogP contribution in [0.5, 0.6) is 5.75 Å². The number of hydrogen-bond donors (Lipinski definition) is 1. The molecule has 7 heteroatoms. The van der Waals surface area contributed by atoms with E-state index in [0.717, 1.165) is 28.6 Å². The number of para-hydroxylation sites is 1. The predicted molar refractivity (Wildman–Crippen MR) is 84.5 cm³/mol. The highest BCUT2D eigenvalue weighted by Gasteiger charge is 2.32. The summed E-state index contributed by atoms with van der Waals surface area (Å²) in [6.07, 6.45) is -1.16. The summed E-state index contributed by atoms with van der Waals surface area (Å²) in [5.74, 6) is -0.282. The minimum absolute atomic E-state index is 0.203. The minimum atomic E-state index is -4.73. The molecule has 0 unspecified atom stereocenters. The Morgan fingerprint density at radius 2 is 2.10 bits per heavy atom. The number of alkyl halides is 3. The molecular weight excluding hydrogens is 396 g/mol. The zero-order valence-corrected chi connectivity index (χ0v) is 13.5. The maximum Gasteiger partial charge on any atom is 0.573 e. The highest BCUT2D eigenvalue weighted by atomic mass is 127. The number of anilines is 1. The molecule has 1 aromatic heterocycles. The van der Waals surface area contributed by atoms with E-state index in [-0.39, 0.29) is 11.3 Å². The number of hydrogen-bond acceptors (Lipinski definition) is 3. The van der Waals surface area contributed by atoms with Crippen LogP contribution in [-0.4, -0.2) is 17.9 Å². The number of unbranched alkanes of at least 4 members (excludes halogenated alkanes) is 1. The van der Waals surface area contributed by atoms with Crippen molar-refractivity contribution >= 4 is 39.2 Å². The molecule has 0 saturated heterocycles. The van der Waals surface area contributed by atoms with Crippen molar-refractivity contribution < 1.29 is 17.9 Å². The fourth-order valence-corrected chi connectivity index (χ4v) is 2.57. The van der Waals surface area contributed by atoms with E-state index < -0.39 is 6.36 Å². The van der Waals surface area contributed by atoms with Crippen LogP contribution < -0.4 is 10.1 Å². The van der Waals surface area contributed by atoms with Gasteiger partial charge in [-0.25, -0.2) is 0 Å².